The Bertz CT molecular complexity index is 1220. The van der Waals surface area contributed by atoms with Crippen molar-refractivity contribution in [2.45, 2.75) is 69.9 Å². The molecule has 0 unspecified atom stereocenters. The van der Waals surface area contributed by atoms with E-state index in [0.717, 1.165) is 25.1 Å². The molecule has 1 aromatic carbocycles. The van der Waals surface area contributed by atoms with E-state index in [4.69, 9.17) is 4.74 Å². The van der Waals surface area contributed by atoms with Crippen molar-refractivity contribution in [3.63, 3.8) is 0 Å². The van der Waals surface area contributed by atoms with Gasteiger partial charge < -0.3 is 9.72 Å². The molecule has 6 rings (SSSR count). The summed E-state index contributed by atoms with van der Waals surface area (Å²) in [5, 5.41) is 1.27. The Morgan fingerprint density at radius 2 is 2.09 bits per heavy atom. The van der Waals surface area contributed by atoms with E-state index in [-0.39, 0.29) is 30.2 Å². The number of alkyl halides is 2. The van der Waals surface area contributed by atoms with Crippen molar-refractivity contribution >= 4 is 17.4 Å². The molecule has 178 valence electrons. The topological polar surface area (TPSA) is 58.2 Å². The predicted octanol–water partition coefficient (Wildman–Crippen LogP) is 6.04. The van der Waals surface area contributed by atoms with E-state index in [1.165, 1.54) is 40.4 Å². The van der Waals surface area contributed by atoms with Gasteiger partial charge in [-0.2, -0.15) is 0 Å². The van der Waals surface area contributed by atoms with Gasteiger partial charge in [-0.15, -0.1) is 0 Å². The van der Waals surface area contributed by atoms with Crippen LogP contribution in [0.3, 0.4) is 0 Å². The molecule has 34 heavy (non-hydrogen) atoms. The lowest BCUT2D eigenvalue weighted by molar-refractivity contribution is -0.186. The van der Waals surface area contributed by atoms with Gasteiger partial charge in [-0.1, -0.05) is 12.1 Å². The summed E-state index contributed by atoms with van der Waals surface area (Å²) in [6.07, 6.45) is 7.63. The van der Waals surface area contributed by atoms with E-state index in [0.29, 0.717) is 18.8 Å². The lowest BCUT2D eigenvalue weighted by Gasteiger charge is -2.54. The van der Waals surface area contributed by atoms with Crippen molar-refractivity contribution in [1.82, 2.24) is 14.9 Å². The normalized spacial score (nSPS) is 23.7. The summed E-state index contributed by atoms with van der Waals surface area (Å²) in [5.74, 6) is -1.68. The van der Waals surface area contributed by atoms with Gasteiger partial charge in [-0.25, -0.2) is 13.8 Å². The third-order valence-corrected chi connectivity index (χ3v) is 8.14. The van der Waals surface area contributed by atoms with Gasteiger partial charge in [0.2, 0.25) is 11.8 Å². The molecule has 5 nitrogen and oxygen atoms in total. The van der Waals surface area contributed by atoms with Gasteiger partial charge in [-0.05, 0) is 78.8 Å². The fourth-order valence-electron chi connectivity index (χ4n) is 6.40. The number of aromatic nitrogens is 2. The molecule has 1 N–H and O–H groups in total. The molecule has 3 aliphatic rings. The van der Waals surface area contributed by atoms with Gasteiger partial charge in [0.1, 0.15) is 0 Å². The lowest BCUT2D eigenvalue weighted by Crippen LogP contribution is -2.53. The van der Waals surface area contributed by atoms with Gasteiger partial charge in [-0.3, -0.25) is 9.69 Å². The summed E-state index contributed by atoms with van der Waals surface area (Å²) in [6, 6.07) is 8.10. The molecule has 7 heteroatoms. The summed E-state index contributed by atoms with van der Waals surface area (Å²) in [6.45, 7) is 4.08. The van der Waals surface area contributed by atoms with Gasteiger partial charge in [0.25, 0.3) is 6.47 Å². The highest BCUT2D eigenvalue weighted by Crippen LogP contribution is 2.60. The summed E-state index contributed by atoms with van der Waals surface area (Å²) in [5.41, 5.74) is 5.92. The number of carbonyl (C=O) groups excluding carboxylic acids is 1. The van der Waals surface area contributed by atoms with Crippen LogP contribution in [0.25, 0.3) is 10.9 Å². The summed E-state index contributed by atoms with van der Waals surface area (Å²) in [7, 11) is 0. The summed E-state index contributed by atoms with van der Waals surface area (Å²) < 4.78 is 32.7. The number of pyridine rings is 1. The number of nitrogens with one attached hydrogen (secondary N) is 1. The van der Waals surface area contributed by atoms with Crippen molar-refractivity contribution in [2.75, 3.05) is 6.54 Å². The SMILES string of the molecule is Cc1cc(C2CC2)c(CN2CCC3(C[C@H]2c2ccc(OC=O)nc2)CC(F)(F)C3)c2cc[nH]c12. The monoisotopic (exact) mass is 465 g/mol. The number of aryl methyl sites for hydroxylation is 1. The zero-order valence-corrected chi connectivity index (χ0v) is 19.3. The molecule has 0 bridgehead atoms. The minimum Gasteiger partial charge on any atom is -0.410 e. The Morgan fingerprint density at radius 3 is 2.76 bits per heavy atom. The standard InChI is InChI=1S/C27H29F2N3O2/c1-17-10-21(18-2-3-18)22(20-6-8-30-25(17)20)13-32-9-7-26(14-27(28,29)15-26)11-23(32)19-4-5-24(31-12-19)34-16-33/h4-6,8,10,12,16,18,23,30H,2-3,7,9,11,13-15H2,1H3/t23-/m0/s1. The number of hydrogen-bond acceptors (Lipinski definition) is 4. The molecule has 3 heterocycles. The van der Waals surface area contributed by atoms with Crippen LogP contribution in [0.2, 0.25) is 0 Å². The number of aromatic amines is 1. The maximum Gasteiger partial charge on any atom is 0.299 e. The van der Waals surface area contributed by atoms with Gasteiger partial charge >= 0.3 is 0 Å². The van der Waals surface area contributed by atoms with E-state index in [2.05, 4.69) is 33.9 Å². The largest absolute Gasteiger partial charge is 0.410 e. The molecule has 1 atom stereocenters. The minimum absolute atomic E-state index is 0.00928. The van der Waals surface area contributed by atoms with E-state index in [1.54, 1.807) is 12.3 Å². The van der Waals surface area contributed by atoms with Gasteiger partial charge in [0.15, 0.2) is 0 Å². The van der Waals surface area contributed by atoms with Gasteiger partial charge in [0.05, 0.1) is 0 Å². The molecule has 0 amide bonds. The Balaban J connectivity index is 1.35. The van der Waals surface area contributed by atoms with Gasteiger partial charge in [0, 0.05) is 54.8 Å². The fraction of sp³-hybridized carbons (Fsp3) is 0.481. The van der Waals surface area contributed by atoms with E-state index in [9.17, 15) is 13.6 Å². The van der Waals surface area contributed by atoms with Crippen LogP contribution in [0.4, 0.5) is 8.78 Å². The number of carbonyl (C=O) groups is 1. The highest BCUT2D eigenvalue weighted by molar-refractivity contribution is 5.87. The first-order valence-electron chi connectivity index (χ1n) is 12.1. The number of benzene rings is 1. The molecule has 1 aliphatic heterocycles. The van der Waals surface area contributed by atoms with E-state index >= 15 is 0 Å². The molecule has 2 aliphatic carbocycles. The van der Waals surface area contributed by atoms with E-state index in [1.807, 2.05) is 12.3 Å². The molecule has 1 saturated heterocycles. The number of piperidine rings is 1. The molecule has 3 aromatic rings. The number of H-pyrrole nitrogens is 1. The quantitative estimate of drug-likeness (QED) is 0.451. The summed E-state index contributed by atoms with van der Waals surface area (Å²) >= 11 is 0. The molecule has 1 spiro atoms. The number of halogens is 2. The second-order valence-electron chi connectivity index (χ2n) is 10.6. The Morgan fingerprint density at radius 1 is 1.26 bits per heavy atom. The number of fused-ring (bicyclic) bond motifs is 1. The summed E-state index contributed by atoms with van der Waals surface area (Å²) in [4.78, 5) is 20.8. The number of hydrogen-bond donors (Lipinski definition) is 1. The average molecular weight is 466 g/mol. The predicted molar refractivity (Wildman–Crippen MR) is 125 cm³/mol. The zero-order chi connectivity index (χ0) is 23.5. The highest BCUT2D eigenvalue weighted by Gasteiger charge is 2.58. The molecule has 2 aromatic heterocycles. The number of nitrogens with zero attached hydrogens (tertiary/aromatic N) is 2. The van der Waals surface area contributed by atoms with Crippen molar-refractivity contribution in [3.8, 4) is 5.88 Å². The Labute approximate surface area is 197 Å². The first-order valence-corrected chi connectivity index (χ1v) is 12.1. The van der Waals surface area contributed by atoms with Crippen LogP contribution in [0.1, 0.15) is 72.7 Å². The van der Waals surface area contributed by atoms with Crippen LogP contribution >= 0.6 is 0 Å². The lowest BCUT2D eigenvalue weighted by atomic mass is 9.59. The molecule has 3 fully saturated rings. The number of ether oxygens (including phenoxy) is 1. The van der Waals surface area contributed by atoms with Crippen LogP contribution < -0.4 is 4.74 Å². The smallest absolute Gasteiger partial charge is 0.299 e. The van der Waals surface area contributed by atoms with Crippen LogP contribution in [0, 0.1) is 12.3 Å². The number of likely N-dealkylation sites (tertiary alicyclic amines) is 1. The van der Waals surface area contributed by atoms with Crippen molar-refractivity contribution < 1.29 is 18.3 Å². The van der Waals surface area contributed by atoms with Crippen LogP contribution in [-0.4, -0.2) is 33.8 Å². The fourth-order valence-corrected chi connectivity index (χ4v) is 6.40. The molecule has 2 saturated carbocycles. The zero-order valence-electron chi connectivity index (χ0n) is 19.3. The molecular weight excluding hydrogens is 436 g/mol. The highest BCUT2D eigenvalue weighted by atomic mass is 19.3. The Kier molecular flexibility index (Phi) is 5.03. The third-order valence-electron chi connectivity index (χ3n) is 8.14. The molecular formula is C27H29F2N3O2. The van der Waals surface area contributed by atoms with Crippen molar-refractivity contribution in [1.29, 1.82) is 0 Å². The average Bonchev–Trinajstić information content (AvgIpc) is 3.51. The second kappa shape index (κ2) is 7.87. The van der Waals surface area contributed by atoms with Crippen molar-refractivity contribution in [2.24, 2.45) is 5.41 Å². The second-order valence-corrected chi connectivity index (χ2v) is 10.6. The third kappa shape index (κ3) is 3.80. The minimum atomic E-state index is -2.54. The molecule has 0 radical (unpaired) electrons. The van der Waals surface area contributed by atoms with Crippen LogP contribution in [0.15, 0.2) is 36.7 Å². The maximum atomic E-state index is 13.9. The Hall–Kier alpha value is -2.80. The first-order chi connectivity index (χ1) is 16.4. The van der Waals surface area contributed by atoms with Crippen LogP contribution in [-0.2, 0) is 11.3 Å². The maximum absolute atomic E-state index is 13.9. The number of rotatable bonds is 6. The van der Waals surface area contributed by atoms with E-state index < -0.39 is 5.92 Å². The van der Waals surface area contributed by atoms with Crippen molar-refractivity contribution in [3.05, 3.63) is 58.9 Å². The van der Waals surface area contributed by atoms with Crippen LogP contribution in [0.5, 0.6) is 5.88 Å². The first kappa shape index (κ1) is 21.7.